The van der Waals surface area contributed by atoms with Crippen LogP contribution in [0.4, 0.5) is 0 Å². The standard InChI is InChI=1S/C23H32O5S.K/c1-2-3-4-5-6-7-8-9-10-14-19-15-11-12-17-21(19)28-23-20(24)16-13-18-22(23)29(25,26)27;/h11-13,15-18,24H,2-10,14H2,1H3,(H,25,26,27);/q;+1/p-1. The number of aryl methyl sites for hydroxylation is 1. The van der Waals surface area contributed by atoms with Gasteiger partial charge in [0.25, 0.3) is 10.1 Å². The SMILES string of the molecule is CCCCCCCCCCCc1ccccc1Oc1c([O-])cccc1S(=O)(=O)O.[K+]. The van der Waals surface area contributed by atoms with Gasteiger partial charge in [-0.1, -0.05) is 94.4 Å². The van der Waals surface area contributed by atoms with E-state index in [4.69, 9.17) is 4.74 Å². The molecule has 0 fully saturated rings. The van der Waals surface area contributed by atoms with Crippen LogP contribution in [-0.2, 0) is 16.5 Å². The molecule has 0 aliphatic carbocycles. The molecule has 0 saturated carbocycles. The predicted octanol–water partition coefficient (Wildman–Crippen LogP) is 2.88. The van der Waals surface area contributed by atoms with Gasteiger partial charge < -0.3 is 9.84 Å². The molecule has 0 spiro atoms. The monoisotopic (exact) mass is 458 g/mol. The Balaban J connectivity index is 0.00000450. The molecule has 0 saturated heterocycles. The molecule has 2 aromatic carbocycles. The maximum Gasteiger partial charge on any atom is 1.00 e. The Morgan fingerprint density at radius 3 is 2.10 bits per heavy atom. The molecule has 7 heteroatoms. The summed E-state index contributed by atoms with van der Waals surface area (Å²) in [5.74, 6) is -0.507. The van der Waals surface area contributed by atoms with Crippen molar-refractivity contribution < 1.29 is 74.2 Å². The molecular weight excluding hydrogens is 427 g/mol. The third-order valence-electron chi connectivity index (χ3n) is 4.95. The van der Waals surface area contributed by atoms with Gasteiger partial charge in [-0.2, -0.15) is 8.42 Å². The fraction of sp³-hybridized carbons (Fsp3) is 0.478. The topological polar surface area (TPSA) is 86.7 Å². The Kier molecular flexibility index (Phi) is 13.5. The van der Waals surface area contributed by atoms with Crippen LogP contribution >= 0.6 is 0 Å². The van der Waals surface area contributed by atoms with Crippen LogP contribution in [0, 0.1) is 0 Å². The van der Waals surface area contributed by atoms with Crippen molar-refractivity contribution in [3.05, 3.63) is 48.0 Å². The maximum atomic E-state index is 12.1. The van der Waals surface area contributed by atoms with E-state index < -0.39 is 20.8 Å². The average Bonchev–Trinajstić information content (AvgIpc) is 2.68. The molecule has 0 heterocycles. The van der Waals surface area contributed by atoms with Crippen LogP contribution in [0.15, 0.2) is 47.4 Å². The number of rotatable bonds is 13. The first-order chi connectivity index (χ1) is 13.9. The van der Waals surface area contributed by atoms with Gasteiger partial charge in [0.1, 0.15) is 16.4 Å². The van der Waals surface area contributed by atoms with Crippen molar-refractivity contribution in [2.75, 3.05) is 0 Å². The van der Waals surface area contributed by atoms with E-state index in [9.17, 15) is 18.1 Å². The van der Waals surface area contributed by atoms with Crippen molar-refractivity contribution in [1.29, 1.82) is 0 Å². The fourth-order valence-corrected chi connectivity index (χ4v) is 3.97. The van der Waals surface area contributed by atoms with Gasteiger partial charge in [-0.3, -0.25) is 4.55 Å². The van der Waals surface area contributed by atoms with E-state index in [1.807, 2.05) is 12.1 Å². The van der Waals surface area contributed by atoms with Crippen molar-refractivity contribution in [2.24, 2.45) is 0 Å². The minimum Gasteiger partial charge on any atom is -0.870 e. The fourth-order valence-electron chi connectivity index (χ4n) is 3.35. The maximum absolute atomic E-state index is 12.1. The first kappa shape index (κ1) is 27.6. The van der Waals surface area contributed by atoms with E-state index in [2.05, 4.69) is 6.92 Å². The van der Waals surface area contributed by atoms with Crippen LogP contribution in [0.2, 0.25) is 0 Å². The van der Waals surface area contributed by atoms with Crippen LogP contribution in [0.5, 0.6) is 17.2 Å². The molecule has 0 unspecified atom stereocenters. The third-order valence-corrected chi connectivity index (χ3v) is 5.83. The van der Waals surface area contributed by atoms with Crippen molar-refractivity contribution in [1.82, 2.24) is 0 Å². The quantitative estimate of drug-likeness (QED) is 0.283. The number of hydrogen-bond acceptors (Lipinski definition) is 4. The molecule has 0 amide bonds. The number of benzene rings is 2. The van der Waals surface area contributed by atoms with Gasteiger partial charge in [0, 0.05) is 0 Å². The molecule has 1 N–H and O–H groups in total. The number of ether oxygens (including phenoxy) is 1. The van der Waals surface area contributed by atoms with E-state index in [0.717, 1.165) is 30.9 Å². The summed E-state index contributed by atoms with van der Waals surface area (Å²) in [6, 6.07) is 11.0. The van der Waals surface area contributed by atoms with E-state index in [1.165, 1.54) is 57.1 Å². The average molecular weight is 459 g/mol. The molecular formula is C23H31KO5S. The Morgan fingerprint density at radius 1 is 0.867 bits per heavy atom. The van der Waals surface area contributed by atoms with Gasteiger partial charge in [-0.15, -0.1) is 0 Å². The van der Waals surface area contributed by atoms with Crippen LogP contribution in [0.25, 0.3) is 0 Å². The third kappa shape index (κ3) is 9.38. The minimum atomic E-state index is -4.55. The van der Waals surface area contributed by atoms with Gasteiger partial charge in [0.2, 0.25) is 0 Å². The van der Waals surface area contributed by atoms with Gasteiger partial charge in [-0.05, 0) is 30.5 Å². The zero-order chi connectivity index (χ0) is 21.1. The van der Waals surface area contributed by atoms with Crippen molar-refractivity contribution in [3.63, 3.8) is 0 Å². The van der Waals surface area contributed by atoms with Crippen LogP contribution in [-0.4, -0.2) is 13.0 Å². The second-order valence-corrected chi connectivity index (χ2v) is 8.74. The summed E-state index contributed by atoms with van der Waals surface area (Å²) in [5.41, 5.74) is 0.917. The molecule has 5 nitrogen and oxygen atoms in total. The molecule has 160 valence electrons. The van der Waals surface area contributed by atoms with Crippen molar-refractivity contribution in [3.8, 4) is 17.2 Å². The molecule has 0 aromatic heterocycles. The van der Waals surface area contributed by atoms with Crippen LogP contribution < -0.4 is 61.2 Å². The second-order valence-electron chi connectivity index (χ2n) is 7.35. The summed E-state index contributed by atoms with van der Waals surface area (Å²) < 4.78 is 38.2. The molecule has 0 bridgehead atoms. The Morgan fingerprint density at radius 2 is 1.47 bits per heavy atom. The summed E-state index contributed by atoms with van der Waals surface area (Å²) in [6.07, 6.45) is 11.9. The van der Waals surface area contributed by atoms with Gasteiger partial charge in [-0.25, -0.2) is 0 Å². The Hall–Kier alpha value is -0.414. The van der Waals surface area contributed by atoms with E-state index >= 15 is 0 Å². The zero-order valence-electron chi connectivity index (χ0n) is 18.1. The zero-order valence-corrected chi connectivity index (χ0v) is 22.0. The second kappa shape index (κ2) is 14.6. The molecule has 0 atom stereocenters. The normalized spacial score (nSPS) is 11.1. The van der Waals surface area contributed by atoms with Crippen molar-refractivity contribution in [2.45, 2.75) is 76.0 Å². The van der Waals surface area contributed by atoms with Crippen molar-refractivity contribution >= 4 is 10.1 Å². The summed E-state index contributed by atoms with van der Waals surface area (Å²) in [6.45, 7) is 2.22. The van der Waals surface area contributed by atoms with Crippen LogP contribution in [0.3, 0.4) is 0 Å². The minimum absolute atomic E-state index is 0. The molecule has 30 heavy (non-hydrogen) atoms. The first-order valence-corrected chi connectivity index (χ1v) is 11.9. The van der Waals surface area contributed by atoms with E-state index in [1.54, 1.807) is 12.1 Å². The van der Waals surface area contributed by atoms with Gasteiger partial charge >= 0.3 is 51.4 Å². The number of unbranched alkanes of at least 4 members (excludes halogenated alkanes) is 8. The smallest absolute Gasteiger partial charge is 0.870 e. The summed E-state index contributed by atoms with van der Waals surface area (Å²) >= 11 is 0. The number of hydrogen-bond donors (Lipinski definition) is 1. The van der Waals surface area contributed by atoms with E-state index in [-0.39, 0.29) is 57.1 Å². The number of para-hydroxylation sites is 2. The molecule has 2 aromatic rings. The molecule has 0 aliphatic heterocycles. The molecule has 0 aliphatic rings. The van der Waals surface area contributed by atoms with Gasteiger partial charge in [0.05, 0.1) is 0 Å². The molecule has 0 radical (unpaired) electrons. The van der Waals surface area contributed by atoms with E-state index in [0.29, 0.717) is 5.75 Å². The molecule has 2 rings (SSSR count). The summed E-state index contributed by atoms with van der Waals surface area (Å²) in [5, 5.41) is 12.1. The summed E-state index contributed by atoms with van der Waals surface area (Å²) in [4.78, 5) is -0.511. The first-order valence-electron chi connectivity index (χ1n) is 10.5. The largest absolute Gasteiger partial charge is 1.00 e. The predicted molar refractivity (Wildman–Crippen MR) is 113 cm³/mol. The summed E-state index contributed by atoms with van der Waals surface area (Å²) in [7, 11) is -4.55. The Bertz CT molecular complexity index is 868. The van der Waals surface area contributed by atoms with Gasteiger partial charge in [0.15, 0.2) is 0 Å². The van der Waals surface area contributed by atoms with Crippen LogP contribution in [0.1, 0.15) is 70.3 Å². The Labute approximate surface area is 223 Å².